The van der Waals surface area contributed by atoms with Crippen molar-refractivity contribution in [2.24, 2.45) is 4.99 Å². The van der Waals surface area contributed by atoms with E-state index in [0.717, 1.165) is 27.8 Å². The van der Waals surface area contributed by atoms with Gasteiger partial charge >= 0.3 is 0 Å². The van der Waals surface area contributed by atoms with Gasteiger partial charge in [-0.1, -0.05) is 18.2 Å². The van der Waals surface area contributed by atoms with Crippen LogP contribution in [-0.2, 0) is 0 Å². The van der Waals surface area contributed by atoms with Crippen LogP contribution in [-0.4, -0.2) is 5.16 Å². The van der Waals surface area contributed by atoms with Crippen molar-refractivity contribution in [3.05, 3.63) is 76.1 Å². The Labute approximate surface area is 167 Å². The molecule has 0 aliphatic carbocycles. The van der Waals surface area contributed by atoms with E-state index < -0.39 is 17.3 Å². The summed E-state index contributed by atoms with van der Waals surface area (Å²) in [7, 11) is 0. The standard InChI is InChI=1S/C23H18F3NS/c1-12-5-13(2)22(18(24)6-12)16-7-14(3)21(15(4)8-16)17-9-19(25)23(27-11-28)20(26)10-17/h5-10H,1-4H3. The Balaban J connectivity index is 2.18. The third kappa shape index (κ3) is 3.64. The number of hydrogen-bond acceptors (Lipinski definition) is 2. The Bertz CT molecular complexity index is 1080. The highest BCUT2D eigenvalue weighted by Gasteiger charge is 2.17. The minimum Gasteiger partial charge on any atom is -0.206 e. The van der Waals surface area contributed by atoms with Crippen LogP contribution in [0.15, 0.2) is 41.4 Å². The van der Waals surface area contributed by atoms with E-state index in [0.29, 0.717) is 16.7 Å². The van der Waals surface area contributed by atoms with Crippen LogP contribution in [0.4, 0.5) is 18.9 Å². The molecule has 0 amide bonds. The number of benzene rings is 3. The van der Waals surface area contributed by atoms with Crippen molar-refractivity contribution >= 4 is 23.1 Å². The molecular weight excluding hydrogens is 379 g/mol. The zero-order valence-electron chi connectivity index (χ0n) is 16.0. The lowest BCUT2D eigenvalue weighted by molar-refractivity contribution is 0.588. The average molecular weight is 397 g/mol. The molecule has 28 heavy (non-hydrogen) atoms. The van der Waals surface area contributed by atoms with E-state index in [-0.39, 0.29) is 5.82 Å². The quantitative estimate of drug-likeness (QED) is 0.331. The summed E-state index contributed by atoms with van der Waals surface area (Å²) < 4.78 is 43.1. The van der Waals surface area contributed by atoms with Crippen LogP contribution in [0.1, 0.15) is 22.3 Å². The maximum atomic E-state index is 14.6. The van der Waals surface area contributed by atoms with E-state index in [1.807, 2.05) is 51.1 Å². The van der Waals surface area contributed by atoms with Gasteiger partial charge in [-0.2, -0.15) is 4.99 Å². The summed E-state index contributed by atoms with van der Waals surface area (Å²) >= 11 is 4.43. The van der Waals surface area contributed by atoms with Gasteiger partial charge in [-0.05, 0) is 97.1 Å². The molecule has 0 saturated heterocycles. The van der Waals surface area contributed by atoms with Gasteiger partial charge in [0.2, 0.25) is 0 Å². The van der Waals surface area contributed by atoms with E-state index in [1.54, 1.807) is 0 Å². The van der Waals surface area contributed by atoms with Crippen molar-refractivity contribution in [2.45, 2.75) is 27.7 Å². The van der Waals surface area contributed by atoms with Crippen LogP contribution in [0.25, 0.3) is 22.3 Å². The van der Waals surface area contributed by atoms with E-state index in [2.05, 4.69) is 17.2 Å². The minimum absolute atomic E-state index is 0.288. The van der Waals surface area contributed by atoms with Gasteiger partial charge in [-0.15, -0.1) is 0 Å². The number of thiocarbonyl (C=S) groups is 1. The molecular formula is C23H18F3NS. The lowest BCUT2D eigenvalue weighted by Crippen LogP contribution is -1.96. The predicted molar refractivity (Wildman–Crippen MR) is 111 cm³/mol. The molecule has 0 N–H and O–H groups in total. The summed E-state index contributed by atoms with van der Waals surface area (Å²) in [4.78, 5) is 3.44. The second-order valence-electron chi connectivity index (χ2n) is 6.92. The number of isothiocyanates is 1. The van der Waals surface area contributed by atoms with Crippen molar-refractivity contribution in [1.82, 2.24) is 0 Å². The maximum Gasteiger partial charge on any atom is 0.153 e. The number of aliphatic imine (C=N–C) groups is 1. The summed E-state index contributed by atoms with van der Waals surface area (Å²) in [6.07, 6.45) is 0. The van der Waals surface area contributed by atoms with Crippen LogP contribution in [0.3, 0.4) is 0 Å². The molecule has 0 heterocycles. The molecule has 5 heteroatoms. The molecule has 0 unspecified atom stereocenters. The Hall–Kier alpha value is -2.75. The molecule has 3 aromatic rings. The van der Waals surface area contributed by atoms with Gasteiger partial charge in [0.1, 0.15) is 11.5 Å². The first-order valence-corrected chi connectivity index (χ1v) is 9.09. The van der Waals surface area contributed by atoms with Gasteiger partial charge in [0.15, 0.2) is 11.6 Å². The molecule has 0 radical (unpaired) electrons. The van der Waals surface area contributed by atoms with Gasteiger partial charge in [0.25, 0.3) is 0 Å². The second-order valence-corrected chi connectivity index (χ2v) is 7.10. The number of rotatable bonds is 3. The lowest BCUT2D eigenvalue weighted by Gasteiger charge is -2.16. The zero-order valence-corrected chi connectivity index (χ0v) is 16.8. The Morgan fingerprint density at radius 1 is 0.679 bits per heavy atom. The zero-order chi connectivity index (χ0) is 20.6. The van der Waals surface area contributed by atoms with Crippen molar-refractivity contribution in [3.8, 4) is 22.3 Å². The van der Waals surface area contributed by atoms with Gasteiger partial charge in [0, 0.05) is 5.56 Å². The Morgan fingerprint density at radius 3 is 1.68 bits per heavy atom. The first-order chi connectivity index (χ1) is 13.2. The van der Waals surface area contributed by atoms with Gasteiger partial charge < -0.3 is 0 Å². The molecule has 1 nitrogen and oxygen atoms in total. The smallest absolute Gasteiger partial charge is 0.153 e. The second kappa shape index (κ2) is 7.70. The molecule has 0 aliphatic rings. The maximum absolute atomic E-state index is 14.6. The number of halogens is 3. The molecule has 0 aromatic heterocycles. The van der Waals surface area contributed by atoms with Crippen LogP contribution in [0, 0.1) is 45.1 Å². The fourth-order valence-corrected chi connectivity index (χ4v) is 3.80. The summed E-state index contributed by atoms with van der Waals surface area (Å²) in [6, 6.07) is 9.55. The summed E-state index contributed by atoms with van der Waals surface area (Å²) in [5.74, 6) is -1.91. The number of hydrogen-bond donors (Lipinski definition) is 0. The molecule has 0 aliphatic heterocycles. The van der Waals surface area contributed by atoms with Crippen molar-refractivity contribution in [1.29, 1.82) is 0 Å². The third-order valence-electron chi connectivity index (χ3n) is 4.72. The van der Waals surface area contributed by atoms with Gasteiger partial charge in [-0.25, -0.2) is 13.2 Å². The van der Waals surface area contributed by atoms with E-state index in [9.17, 15) is 13.2 Å². The topological polar surface area (TPSA) is 12.4 Å². The summed E-state index contributed by atoms with van der Waals surface area (Å²) in [5, 5.41) is 1.98. The molecule has 142 valence electrons. The van der Waals surface area contributed by atoms with Crippen LogP contribution in [0.2, 0.25) is 0 Å². The monoisotopic (exact) mass is 397 g/mol. The normalized spacial score (nSPS) is 10.7. The van der Waals surface area contributed by atoms with E-state index in [1.165, 1.54) is 18.2 Å². The summed E-state index contributed by atoms with van der Waals surface area (Å²) in [6.45, 7) is 7.39. The molecule has 0 atom stereocenters. The fraction of sp³-hybridized carbons (Fsp3) is 0.174. The average Bonchev–Trinajstić information content (AvgIpc) is 2.56. The fourth-order valence-electron chi connectivity index (χ4n) is 3.71. The number of aryl methyl sites for hydroxylation is 4. The molecule has 3 aromatic carbocycles. The van der Waals surface area contributed by atoms with Gasteiger partial charge in [-0.3, -0.25) is 0 Å². The van der Waals surface area contributed by atoms with Gasteiger partial charge in [0.05, 0.1) is 5.16 Å². The molecule has 0 bridgehead atoms. The van der Waals surface area contributed by atoms with Crippen molar-refractivity contribution in [3.63, 3.8) is 0 Å². The molecule has 3 rings (SSSR count). The van der Waals surface area contributed by atoms with Crippen LogP contribution in [0.5, 0.6) is 0 Å². The van der Waals surface area contributed by atoms with Crippen LogP contribution >= 0.6 is 12.2 Å². The van der Waals surface area contributed by atoms with E-state index in [4.69, 9.17) is 0 Å². The predicted octanol–water partition coefficient (Wildman–Crippen LogP) is 7.41. The third-order valence-corrected chi connectivity index (χ3v) is 4.81. The van der Waals surface area contributed by atoms with Crippen molar-refractivity contribution < 1.29 is 13.2 Å². The summed E-state index contributed by atoms with van der Waals surface area (Å²) in [5.41, 5.74) is 5.17. The SMILES string of the molecule is Cc1cc(C)c(-c2cc(C)c(-c3cc(F)c(N=C=S)c(F)c3)c(C)c2)c(F)c1. The van der Waals surface area contributed by atoms with Crippen LogP contribution < -0.4 is 0 Å². The Kier molecular flexibility index (Phi) is 5.50. The highest BCUT2D eigenvalue weighted by atomic mass is 32.1. The molecule has 0 spiro atoms. The van der Waals surface area contributed by atoms with Crippen molar-refractivity contribution in [2.75, 3.05) is 0 Å². The number of nitrogens with zero attached hydrogens (tertiary/aromatic N) is 1. The highest BCUT2D eigenvalue weighted by molar-refractivity contribution is 7.78. The first kappa shape index (κ1) is 20.0. The minimum atomic E-state index is -0.810. The largest absolute Gasteiger partial charge is 0.206 e. The molecule has 0 saturated carbocycles. The Morgan fingerprint density at radius 2 is 1.18 bits per heavy atom. The first-order valence-electron chi connectivity index (χ1n) is 8.68. The molecule has 0 fully saturated rings. The van der Waals surface area contributed by atoms with E-state index >= 15 is 0 Å². The lowest BCUT2D eigenvalue weighted by atomic mass is 9.89. The highest BCUT2D eigenvalue weighted by Crippen LogP contribution is 2.37.